The maximum absolute atomic E-state index is 11.7. The lowest BCUT2D eigenvalue weighted by Gasteiger charge is -2.08. The van der Waals surface area contributed by atoms with Gasteiger partial charge in [0, 0.05) is 31.4 Å². The zero-order valence-corrected chi connectivity index (χ0v) is 12.9. The van der Waals surface area contributed by atoms with Gasteiger partial charge in [-0.05, 0) is 29.8 Å². The first-order valence-corrected chi connectivity index (χ1v) is 7.28. The molecule has 0 bridgehead atoms. The van der Waals surface area contributed by atoms with E-state index in [-0.39, 0.29) is 12.0 Å². The lowest BCUT2D eigenvalue weighted by atomic mass is 10.1. The molecule has 2 rings (SSSR count). The first-order chi connectivity index (χ1) is 11.2. The van der Waals surface area contributed by atoms with Gasteiger partial charge in [0.1, 0.15) is 0 Å². The number of carbonyl (C=O) groups excluding carboxylic acids is 2. The monoisotopic (exact) mass is 313 g/mol. The van der Waals surface area contributed by atoms with Gasteiger partial charge in [-0.3, -0.25) is 4.98 Å². The van der Waals surface area contributed by atoms with Crippen LogP contribution in [-0.4, -0.2) is 30.6 Å². The molecule has 6 nitrogen and oxygen atoms in total. The van der Waals surface area contributed by atoms with E-state index in [0.29, 0.717) is 25.1 Å². The van der Waals surface area contributed by atoms with Gasteiger partial charge < -0.3 is 15.4 Å². The van der Waals surface area contributed by atoms with Gasteiger partial charge in [0.05, 0.1) is 12.7 Å². The minimum absolute atomic E-state index is 0.238. The predicted molar refractivity (Wildman–Crippen MR) is 86.0 cm³/mol. The van der Waals surface area contributed by atoms with Crippen molar-refractivity contribution in [1.29, 1.82) is 0 Å². The Morgan fingerprint density at radius 3 is 2.52 bits per heavy atom. The average molecular weight is 313 g/mol. The molecule has 1 aromatic carbocycles. The second-order valence-electron chi connectivity index (χ2n) is 4.87. The number of hydrogen-bond donors (Lipinski definition) is 2. The second-order valence-corrected chi connectivity index (χ2v) is 4.87. The number of pyridine rings is 1. The number of urea groups is 1. The number of nitrogens with zero attached hydrogens (tertiary/aromatic N) is 1. The van der Waals surface area contributed by atoms with Crippen LogP contribution in [0.4, 0.5) is 4.79 Å². The summed E-state index contributed by atoms with van der Waals surface area (Å²) in [5.74, 6) is -0.378. The maximum Gasteiger partial charge on any atom is 0.337 e. The highest BCUT2D eigenvalue weighted by molar-refractivity contribution is 5.89. The Labute approximate surface area is 134 Å². The Bertz CT molecular complexity index is 642. The summed E-state index contributed by atoms with van der Waals surface area (Å²) in [5.41, 5.74) is 2.32. The smallest absolute Gasteiger partial charge is 0.337 e. The van der Waals surface area contributed by atoms with Crippen molar-refractivity contribution in [2.24, 2.45) is 0 Å². The predicted octanol–water partition coefficient (Wildman–Crippen LogP) is 1.91. The standard InChI is InChI=1S/C17H19N3O3/c1-23-16(21)14-7-5-13(6-8-14)12-20-17(22)19-11-9-15-4-2-3-10-18-15/h2-8,10H,9,11-12H2,1H3,(H2,19,20,22). The van der Waals surface area contributed by atoms with Crippen molar-refractivity contribution in [3.8, 4) is 0 Å². The van der Waals surface area contributed by atoms with E-state index >= 15 is 0 Å². The molecule has 1 heterocycles. The van der Waals surface area contributed by atoms with Gasteiger partial charge in [-0.1, -0.05) is 18.2 Å². The molecule has 0 radical (unpaired) electrons. The van der Waals surface area contributed by atoms with Crippen LogP contribution in [0, 0.1) is 0 Å². The fourth-order valence-corrected chi connectivity index (χ4v) is 1.97. The van der Waals surface area contributed by atoms with E-state index in [1.807, 2.05) is 18.2 Å². The molecule has 0 atom stereocenters. The minimum Gasteiger partial charge on any atom is -0.465 e. The van der Waals surface area contributed by atoms with Crippen molar-refractivity contribution in [2.45, 2.75) is 13.0 Å². The fourth-order valence-electron chi connectivity index (χ4n) is 1.97. The first-order valence-electron chi connectivity index (χ1n) is 7.28. The van der Waals surface area contributed by atoms with E-state index in [2.05, 4.69) is 20.4 Å². The molecule has 23 heavy (non-hydrogen) atoms. The minimum atomic E-state index is -0.378. The first kappa shape index (κ1) is 16.5. The van der Waals surface area contributed by atoms with Crippen LogP contribution in [0.1, 0.15) is 21.6 Å². The number of methoxy groups -OCH3 is 1. The number of ether oxygens (including phenoxy) is 1. The number of esters is 1. The fraction of sp³-hybridized carbons (Fsp3) is 0.235. The Morgan fingerprint density at radius 2 is 1.87 bits per heavy atom. The molecule has 2 aromatic rings. The van der Waals surface area contributed by atoms with Crippen LogP contribution in [0.3, 0.4) is 0 Å². The van der Waals surface area contributed by atoms with E-state index in [1.165, 1.54) is 7.11 Å². The molecular formula is C17H19N3O3. The maximum atomic E-state index is 11.7. The summed E-state index contributed by atoms with van der Waals surface area (Å²) < 4.78 is 4.63. The Balaban J connectivity index is 1.70. The van der Waals surface area contributed by atoms with Crippen LogP contribution >= 0.6 is 0 Å². The van der Waals surface area contributed by atoms with Crippen LogP contribution in [0.25, 0.3) is 0 Å². The molecule has 2 amide bonds. The van der Waals surface area contributed by atoms with E-state index in [9.17, 15) is 9.59 Å². The van der Waals surface area contributed by atoms with Crippen molar-refractivity contribution >= 4 is 12.0 Å². The van der Waals surface area contributed by atoms with Crippen molar-refractivity contribution in [3.63, 3.8) is 0 Å². The highest BCUT2D eigenvalue weighted by atomic mass is 16.5. The molecule has 0 saturated heterocycles. The topological polar surface area (TPSA) is 80.3 Å². The van der Waals surface area contributed by atoms with E-state index in [0.717, 1.165) is 11.3 Å². The van der Waals surface area contributed by atoms with Crippen LogP contribution in [0.5, 0.6) is 0 Å². The molecule has 0 aliphatic carbocycles. The van der Waals surface area contributed by atoms with Gasteiger partial charge in [-0.25, -0.2) is 9.59 Å². The van der Waals surface area contributed by atoms with Crippen LogP contribution in [-0.2, 0) is 17.7 Å². The van der Waals surface area contributed by atoms with Gasteiger partial charge in [0.15, 0.2) is 0 Å². The SMILES string of the molecule is COC(=O)c1ccc(CNC(=O)NCCc2ccccn2)cc1. The lowest BCUT2D eigenvalue weighted by molar-refractivity contribution is 0.0600. The zero-order chi connectivity index (χ0) is 16.5. The molecule has 120 valence electrons. The molecule has 1 aromatic heterocycles. The van der Waals surface area contributed by atoms with Crippen LogP contribution in [0.15, 0.2) is 48.7 Å². The third kappa shape index (κ3) is 5.43. The Hall–Kier alpha value is -2.89. The van der Waals surface area contributed by atoms with Crippen LogP contribution < -0.4 is 10.6 Å². The van der Waals surface area contributed by atoms with Gasteiger partial charge in [0.2, 0.25) is 0 Å². The number of benzene rings is 1. The molecular weight excluding hydrogens is 294 g/mol. The molecule has 0 unspecified atom stereocenters. The molecule has 2 N–H and O–H groups in total. The van der Waals surface area contributed by atoms with Gasteiger partial charge in [-0.15, -0.1) is 0 Å². The number of amides is 2. The van der Waals surface area contributed by atoms with Crippen LogP contribution in [0.2, 0.25) is 0 Å². The highest BCUT2D eigenvalue weighted by Gasteiger charge is 2.05. The molecule has 0 aliphatic rings. The van der Waals surface area contributed by atoms with Gasteiger partial charge in [-0.2, -0.15) is 0 Å². The number of hydrogen-bond acceptors (Lipinski definition) is 4. The summed E-state index contributed by atoms with van der Waals surface area (Å²) in [5, 5.41) is 5.54. The second kappa shape index (κ2) is 8.53. The summed E-state index contributed by atoms with van der Waals surface area (Å²) in [6, 6.07) is 12.3. The number of carbonyl (C=O) groups is 2. The van der Waals surface area contributed by atoms with Gasteiger partial charge >= 0.3 is 12.0 Å². The largest absolute Gasteiger partial charge is 0.465 e. The number of nitrogens with one attached hydrogen (secondary N) is 2. The third-order valence-corrected chi connectivity index (χ3v) is 3.22. The summed E-state index contributed by atoms with van der Waals surface area (Å²) in [4.78, 5) is 27.2. The van der Waals surface area contributed by atoms with Gasteiger partial charge in [0.25, 0.3) is 0 Å². The van der Waals surface area contributed by atoms with Crippen molar-refractivity contribution in [3.05, 3.63) is 65.5 Å². The Morgan fingerprint density at radius 1 is 1.09 bits per heavy atom. The summed E-state index contributed by atoms with van der Waals surface area (Å²) in [6.07, 6.45) is 2.41. The van der Waals surface area contributed by atoms with E-state index in [1.54, 1.807) is 30.5 Å². The van der Waals surface area contributed by atoms with Crippen molar-refractivity contribution in [2.75, 3.05) is 13.7 Å². The normalized spacial score (nSPS) is 9.96. The number of aromatic nitrogens is 1. The Kier molecular flexibility index (Phi) is 6.11. The third-order valence-electron chi connectivity index (χ3n) is 3.22. The summed E-state index contributed by atoms with van der Waals surface area (Å²) in [7, 11) is 1.34. The molecule has 6 heteroatoms. The quantitative estimate of drug-likeness (QED) is 0.798. The summed E-state index contributed by atoms with van der Waals surface area (Å²) >= 11 is 0. The van der Waals surface area contributed by atoms with E-state index < -0.39 is 0 Å². The average Bonchev–Trinajstić information content (AvgIpc) is 2.60. The molecule has 0 spiro atoms. The molecule has 0 saturated carbocycles. The highest BCUT2D eigenvalue weighted by Crippen LogP contribution is 2.05. The van der Waals surface area contributed by atoms with E-state index in [4.69, 9.17) is 0 Å². The summed E-state index contributed by atoms with van der Waals surface area (Å²) in [6.45, 7) is 0.904. The lowest BCUT2D eigenvalue weighted by Crippen LogP contribution is -2.36. The molecule has 0 aliphatic heterocycles. The zero-order valence-electron chi connectivity index (χ0n) is 12.9. The van der Waals surface area contributed by atoms with Crippen molar-refractivity contribution in [1.82, 2.24) is 15.6 Å². The molecule has 0 fully saturated rings. The number of rotatable bonds is 6. The van der Waals surface area contributed by atoms with Crippen molar-refractivity contribution < 1.29 is 14.3 Å².